The van der Waals surface area contributed by atoms with E-state index in [-0.39, 0.29) is 5.41 Å². The van der Waals surface area contributed by atoms with E-state index in [1.807, 2.05) is 0 Å². The van der Waals surface area contributed by atoms with Gasteiger partial charge in [-0.2, -0.15) is 0 Å². The SMILES string of the molecule is CC(C)NCC(C)(C)c1ccccc1. The van der Waals surface area contributed by atoms with Gasteiger partial charge in [-0.25, -0.2) is 0 Å². The second-order valence-electron chi connectivity index (χ2n) is 4.79. The van der Waals surface area contributed by atoms with Crippen molar-refractivity contribution in [3.63, 3.8) is 0 Å². The first-order chi connectivity index (χ1) is 6.52. The Kier molecular flexibility index (Phi) is 3.70. The standard InChI is InChI=1S/C13H21N/c1-11(2)14-10-13(3,4)12-8-6-5-7-9-12/h5-9,11,14H,10H2,1-4H3. The normalized spacial score (nSPS) is 12.1. The molecule has 0 aliphatic rings. The van der Waals surface area contributed by atoms with Crippen molar-refractivity contribution < 1.29 is 0 Å². The molecule has 0 fully saturated rings. The van der Waals surface area contributed by atoms with Crippen molar-refractivity contribution in [3.05, 3.63) is 35.9 Å². The average Bonchev–Trinajstić information content (AvgIpc) is 2.16. The zero-order valence-corrected chi connectivity index (χ0v) is 9.67. The van der Waals surface area contributed by atoms with Crippen molar-refractivity contribution in [1.82, 2.24) is 5.32 Å². The van der Waals surface area contributed by atoms with Crippen LogP contribution < -0.4 is 5.32 Å². The van der Waals surface area contributed by atoms with Crippen molar-refractivity contribution in [1.29, 1.82) is 0 Å². The maximum Gasteiger partial charge on any atom is 0.00455 e. The van der Waals surface area contributed by atoms with Crippen LogP contribution >= 0.6 is 0 Å². The van der Waals surface area contributed by atoms with Gasteiger partial charge in [0.2, 0.25) is 0 Å². The molecular weight excluding hydrogens is 170 g/mol. The highest BCUT2D eigenvalue weighted by Crippen LogP contribution is 2.21. The van der Waals surface area contributed by atoms with E-state index in [2.05, 4.69) is 63.3 Å². The predicted molar refractivity (Wildman–Crippen MR) is 62.6 cm³/mol. The minimum absolute atomic E-state index is 0.214. The molecule has 0 aliphatic carbocycles. The van der Waals surface area contributed by atoms with Crippen molar-refractivity contribution >= 4 is 0 Å². The summed E-state index contributed by atoms with van der Waals surface area (Å²) in [5.74, 6) is 0. The second kappa shape index (κ2) is 4.61. The molecule has 0 amide bonds. The Hall–Kier alpha value is -0.820. The lowest BCUT2D eigenvalue weighted by atomic mass is 9.84. The fourth-order valence-corrected chi connectivity index (χ4v) is 1.45. The lowest BCUT2D eigenvalue weighted by Crippen LogP contribution is -2.36. The van der Waals surface area contributed by atoms with Gasteiger partial charge in [-0.15, -0.1) is 0 Å². The molecule has 1 heteroatoms. The molecule has 1 aromatic carbocycles. The summed E-state index contributed by atoms with van der Waals surface area (Å²) in [6.07, 6.45) is 0. The van der Waals surface area contributed by atoms with E-state index in [1.165, 1.54) is 5.56 Å². The summed E-state index contributed by atoms with van der Waals surface area (Å²) in [7, 11) is 0. The van der Waals surface area contributed by atoms with Crippen LogP contribution in [-0.2, 0) is 5.41 Å². The van der Waals surface area contributed by atoms with Gasteiger partial charge in [0.15, 0.2) is 0 Å². The quantitative estimate of drug-likeness (QED) is 0.771. The highest BCUT2D eigenvalue weighted by Gasteiger charge is 2.19. The first-order valence-corrected chi connectivity index (χ1v) is 5.31. The Bertz CT molecular complexity index is 262. The van der Waals surface area contributed by atoms with Gasteiger partial charge in [0.1, 0.15) is 0 Å². The van der Waals surface area contributed by atoms with Gasteiger partial charge in [0.05, 0.1) is 0 Å². The maximum absolute atomic E-state index is 3.48. The monoisotopic (exact) mass is 191 g/mol. The number of hydrogen-bond acceptors (Lipinski definition) is 1. The van der Waals surface area contributed by atoms with E-state index in [9.17, 15) is 0 Å². The van der Waals surface area contributed by atoms with E-state index in [4.69, 9.17) is 0 Å². The van der Waals surface area contributed by atoms with E-state index in [1.54, 1.807) is 0 Å². The minimum Gasteiger partial charge on any atom is -0.314 e. The molecule has 14 heavy (non-hydrogen) atoms. The Labute approximate surface area is 87.5 Å². The van der Waals surface area contributed by atoms with Crippen LogP contribution in [0.2, 0.25) is 0 Å². The minimum atomic E-state index is 0.214. The molecule has 0 bridgehead atoms. The molecule has 78 valence electrons. The molecule has 0 aliphatic heterocycles. The van der Waals surface area contributed by atoms with Crippen LogP contribution in [0.5, 0.6) is 0 Å². The fourth-order valence-electron chi connectivity index (χ4n) is 1.45. The number of benzene rings is 1. The van der Waals surface area contributed by atoms with Crippen molar-refractivity contribution in [2.75, 3.05) is 6.54 Å². The van der Waals surface area contributed by atoms with Crippen LogP contribution in [0, 0.1) is 0 Å². The molecule has 0 heterocycles. The van der Waals surface area contributed by atoms with Crippen LogP contribution in [0.1, 0.15) is 33.3 Å². The Balaban J connectivity index is 2.66. The predicted octanol–water partition coefficient (Wildman–Crippen LogP) is 2.96. The van der Waals surface area contributed by atoms with E-state index in [0.29, 0.717) is 6.04 Å². The fraction of sp³-hybridized carbons (Fsp3) is 0.538. The van der Waals surface area contributed by atoms with Gasteiger partial charge in [-0.3, -0.25) is 0 Å². The first kappa shape index (κ1) is 11.3. The summed E-state index contributed by atoms with van der Waals surface area (Å²) < 4.78 is 0. The summed E-state index contributed by atoms with van der Waals surface area (Å²) in [4.78, 5) is 0. The van der Waals surface area contributed by atoms with Crippen molar-refractivity contribution in [2.45, 2.75) is 39.2 Å². The van der Waals surface area contributed by atoms with Crippen LogP contribution in [0.15, 0.2) is 30.3 Å². The van der Waals surface area contributed by atoms with E-state index < -0.39 is 0 Å². The zero-order valence-electron chi connectivity index (χ0n) is 9.67. The summed E-state index contributed by atoms with van der Waals surface area (Å²) in [6, 6.07) is 11.2. The number of hydrogen-bond donors (Lipinski definition) is 1. The third-order valence-electron chi connectivity index (χ3n) is 2.51. The summed E-state index contributed by atoms with van der Waals surface area (Å²) >= 11 is 0. The summed E-state index contributed by atoms with van der Waals surface area (Å²) in [5.41, 5.74) is 1.61. The largest absolute Gasteiger partial charge is 0.314 e. The first-order valence-electron chi connectivity index (χ1n) is 5.31. The van der Waals surface area contributed by atoms with Crippen molar-refractivity contribution in [3.8, 4) is 0 Å². The van der Waals surface area contributed by atoms with E-state index >= 15 is 0 Å². The third kappa shape index (κ3) is 3.15. The molecule has 0 atom stereocenters. The number of nitrogens with one attached hydrogen (secondary N) is 1. The summed E-state index contributed by atoms with van der Waals surface area (Å²) in [6.45, 7) is 9.94. The van der Waals surface area contributed by atoms with Gasteiger partial charge in [0.25, 0.3) is 0 Å². The molecule has 1 aromatic rings. The Morgan fingerprint density at radius 3 is 2.21 bits per heavy atom. The molecule has 0 saturated carbocycles. The zero-order chi connectivity index (χ0) is 10.6. The molecule has 0 radical (unpaired) electrons. The van der Waals surface area contributed by atoms with Gasteiger partial charge in [0, 0.05) is 18.0 Å². The van der Waals surface area contributed by atoms with Crippen LogP contribution in [0.4, 0.5) is 0 Å². The molecule has 0 aromatic heterocycles. The molecular formula is C13H21N. The molecule has 1 nitrogen and oxygen atoms in total. The van der Waals surface area contributed by atoms with E-state index in [0.717, 1.165) is 6.54 Å². The van der Waals surface area contributed by atoms with Gasteiger partial charge in [-0.05, 0) is 5.56 Å². The smallest absolute Gasteiger partial charge is 0.00455 e. The Morgan fingerprint density at radius 1 is 1.14 bits per heavy atom. The molecule has 0 spiro atoms. The molecule has 1 N–H and O–H groups in total. The van der Waals surface area contributed by atoms with Crippen molar-refractivity contribution in [2.24, 2.45) is 0 Å². The third-order valence-corrected chi connectivity index (χ3v) is 2.51. The molecule has 0 unspecified atom stereocenters. The topological polar surface area (TPSA) is 12.0 Å². The van der Waals surface area contributed by atoms with Gasteiger partial charge < -0.3 is 5.32 Å². The highest BCUT2D eigenvalue weighted by molar-refractivity contribution is 5.23. The van der Waals surface area contributed by atoms with Gasteiger partial charge >= 0.3 is 0 Å². The average molecular weight is 191 g/mol. The lowest BCUT2D eigenvalue weighted by molar-refractivity contribution is 0.441. The lowest BCUT2D eigenvalue weighted by Gasteiger charge is -2.27. The van der Waals surface area contributed by atoms with Crippen LogP contribution in [-0.4, -0.2) is 12.6 Å². The number of rotatable bonds is 4. The summed E-state index contributed by atoms with van der Waals surface area (Å²) in [5, 5.41) is 3.48. The second-order valence-corrected chi connectivity index (χ2v) is 4.79. The van der Waals surface area contributed by atoms with Gasteiger partial charge in [-0.1, -0.05) is 58.0 Å². The maximum atomic E-state index is 3.48. The highest BCUT2D eigenvalue weighted by atomic mass is 14.9. The molecule has 1 rings (SSSR count). The Morgan fingerprint density at radius 2 is 1.71 bits per heavy atom. The van der Waals surface area contributed by atoms with Crippen LogP contribution in [0.25, 0.3) is 0 Å². The van der Waals surface area contributed by atoms with Crippen LogP contribution in [0.3, 0.4) is 0 Å². The molecule has 0 saturated heterocycles.